The van der Waals surface area contributed by atoms with E-state index in [1.54, 1.807) is 18.2 Å². The molecule has 0 unspecified atom stereocenters. The molecule has 2 rings (SSSR count). The number of nitriles is 1. The predicted molar refractivity (Wildman–Crippen MR) is 96.6 cm³/mol. The largest absolute Gasteiger partial charge is 0.351 e. The summed E-state index contributed by atoms with van der Waals surface area (Å²) in [6, 6.07) is 17.2. The van der Waals surface area contributed by atoms with E-state index in [2.05, 4.69) is 10.6 Å². The third kappa shape index (κ3) is 6.48. The summed E-state index contributed by atoms with van der Waals surface area (Å²) in [5, 5.41) is 14.0. The van der Waals surface area contributed by atoms with Crippen molar-refractivity contribution in [3.63, 3.8) is 0 Å². The molecular formula is C20H21N3O2. The molecule has 0 aliphatic rings. The highest BCUT2D eigenvalue weighted by atomic mass is 16.2. The van der Waals surface area contributed by atoms with Gasteiger partial charge in [0.1, 0.15) is 6.42 Å². The molecule has 25 heavy (non-hydrogen) atoms. The Kier molecular flexibility index (Phi) is 6.73. The maximum absolute atomic E-state index is 12.0. The van der Waals surface area contributed by atoms with Crippen LogP contribution in [0.3, 0.4) is 0 Å². The first-order valence-corrected chi connectivity index (χ1v) is 8.15. The molecule has 0 saturated heterocycles. The lowest BCUT2D eigenvalue weighted by Crippen LogP contribution is -2.21. The average molecular weight is 335 g/mol. The Bertz CT molecular complexity index is 759. The summed E-state index contributed by atoms with van der Waals surface area (Å²) in [5.74, 6) is -0.327. The predicted octanol–water partition coefficient (Wildman–Crippen LogP) is 3.10. The highest BCUT2D eigenvalue weighted by molar-refractivity contribution is 5.90. The van der Waals surface area contributed by atoms with Crippen molar-refractivity contribution in [3.05, 3.63) is 65.2 Å². The highest BCUT2D eigenvalue weighted by Crippen LogP contribution is 2.11. The van der Waals surface area contributed by atoms with Crippen molar-refractivity contribution >= 4 is 17.5 Å². The lowest BCUT2D eigenvalue weighted by Gasteiger charge is -2.07. The molecule has 0 aliphatic carbocycles. The Morgan fingerprint density at radius 3 is 2.24 bits per heavy atom. The van der Waals surface area contributed by atoms with Gasteiger partial charge in [-0.05, 0) is 36.6 Å². The number of rotatable bonds is 7. The molecule has 0 aliphatic heterocycles. The number of benzene rings is 2. The SMILES string of the molecule is Cc1ccc(CCC(=O)Nc2ccc(CNC(=O)CC#N)cc2)cc1. The Labute approximate surface area is 147 Å². The van der Waals surface area contributed by atoms with Crippen LogP contribution in [0.1, 0.15) is 29.5 Å². The van der Waals surface area contributed by atoms with Gasteiger partial charge in [-0.3, -0.25) is 9.59 Å². The first-order valence-electron chi connectivity index (χ1n) is 8.15. The van der Waals surface area contributed by atoms with Crippen molar-refractivity contribution in [1.82, 2.24) is 5.32 Å². The number of anilines is 1. The molecule has 0 heterocycles. The zero-order valence-corrected chi connectivity index (χ0v) is 14.2. The summed E-state index contributed by atoms with van der Waals surface area (Å²) in [4.78, 5) is 23.3. The van der Waals surface area contributed by atoms with E-state index in [0.717, 1.165) is 16.8 Å². The second kappa shape index (κ2) is 9.24. The van der Waals surface area contributed by atoms with Gasteiger partial charge in [-0.2, -0.15) is 5.26 Å². The summed E-state index contributed by atoms with van der Waals surface area (Å²) in [5.41, 5.74) is 3.98. The van der Waals surface area contributed by atoms with Crippen LogP contribution in [-0.4, -0.2) is 11.8 Å². The van der Waals surface area contributed by atoms with Gasteiger partial charge in [0.05, 0.1) is 6.07 Å². The number of amides is 2. The molecule has 0 saturated carbocycles. The standard InChI is InChI=1S/C20H21N3O2/c1-15-2-4-16(5-3-15)8-11-20(25)23-18-9-6-17(7-10-18)14-22-19(24)12-13-21/h2-7,9-10H,8,11-12,14H2,1H3,(H,22,24)(H,23,25). The minimum absolute atomic E-state index is 0.0318. The Hall–Kier alpha value is -3.13. The molecule has 0 spiro atoms. The van der Waals surface area contributed by atoms with E-state index in [-0.39, 0.29) is 18.2 Å². The van der Waals surface area contributed by atoms with Crippen molar-refractivity contribution in [2.75, 3.05) is 5.32 Å². The van der Waals surface area contributed by atoms with Gasteiger partial charge in [0.15, 0.2) is 0 Å². The van der Waals surface area contributed by atoms with E-state index >= 15 is 0 Å². The second-order valence-electron chi connectivity index (χ2n) is 5.84. The molecule has 0 aromatic heterocycles. The Balaban J connectivity index is 1.78. The van der Waals surface area contributed by atoms with Crippen LogP contribution >= 0.6 is 0 Å². The lowest BCUT2D eigenvalue weighted by atomic mass is 10.1. The van der Waals surface area contributed by atoms with Crippen LogP contribution in [0.5, 0.6) is 0 Å². The summed E-state index contributed by atoms with van der Waals surface area (Å²) in [6.07, 6.45) is 0.985. The van der Waals surface area contributed by atoms with Crippen molar-refractivity contribution in [2.45, 2.75) is 32.7 Å². The quantitative estimate of drug-likeness (QED) is 0.816. The zero-order valence-electron chi connectivity index (χ0n) is 14.2. The van der Waals surface area contributed by atoms with Crippen LogP contribution in [0.25, 0.3) is 0 Å². The van der Waals surface area contributed by atoms with Crippen molar-refractivity contribution in [2.24, 2.45) is 0 Å². The fourth-order valence-corrected chi connectivity index (χ4v) is 2.28. The van der Waals surface area contributed by atoms with Crippen LogP contribution < -0.4 is 10.6 Å². The van der Waals surface area contributed by atoms with Gasteiger partial charge in [-0.25, -0.2) is 0 Å². The molecule has 0 bridgehead atoms. The van der Waals surface area contributed by atoms with Gasteiger partial charge in [-0.15, -0.1) is 0 Å². The molecule has 128 valence electrons. The lowest BCUT2D eigenvalue weighted by molar-refractivity contribution is -0.120. The van der Waals surface area contributed by atoms with Crippen LogP contribution in [0.2, 0.25) is 0 Å². The number of carbonyl (C=O) groups is 2. The molecule has 5 heteroatoms. The topological polar surface area (TPSA) is 82.0 Å². The van der Waals surface area contributed by atoms with Gasteiger partial charge in [0.25, 0.3) is 0 Å². The molecule has 2 amide bonds. The van der Waals surface area contributed by atoms with Crippen molar-refractivity contribution < 1.29 is 9.59 Å². The smallest absolute Gasteiger partial charge is 0.234 e. The summed E-state index contributed by atoms with van der Waals surface area (Å²) in [7, 11) is 0. The molecule has 0 atom stereocenters. The fraction of sp³-hybridized carbons (Fsp3) is 0.250. The molecule has 0 fully saturated rings. The number of aryl methyl sites for hydroxylation is 2. The summed E-state index contributed by atoms with van der Waals surface area (Å²) >= 11 is 0. The molecular weight excluding hydrogens is 314 g/mol. The average Bonchev–Trinajstić information content (AvgIpc) is 2.61. The third-order valence-corrected chi connectivity index (χ3v) is 3.73. The van der Waals surface area contributed by atoms with Crippen molar-refractivity contribution in [3.8, 4) is 6.07 Å². The van der Waals surface area contributed by atoms with E-state index in [1.807, 2.05) is 43.3 Å². The number of nitrogens with one attached hydrogen (secondary N) is 2. The summed E-state index contributed by atoms with van der Waals surface area (Å²) in [6.45, 7) is 2.40. The second-order valence-corrected chi connectivity index (χ2v) is 5.84. The van der Waals surface area contributed by atoms with Gasteiger partial charge in [0.2, 0.25) is 11.8 Å². The minimum Gasteiger partial charge on any atom is -0.351 e. The number of carbonyl (C=O) groups excluding carboxylic acids is 2. The van der Waals surface area contributed by atoms with Crippen LogP contribution in [0.15, 0.2) is 48.5 Å². The fourth-order valence-electron chi connectivity index (χ4n) is 2.28. The minimum atomic E-state index is -0.295. The Morgan fingerprint density at radius 1 is 0.960 bits per heavy atom. The first-order chi connectivity index (χ1) is 12.1. The van der Waals surface area contributed by atoms with Crippen LogP contribution in [0.4, 0.5) is 5.69 Å². The van der Waals surface area contributed by atoms with Gasteiger partial charge < -0.3 is 10.6 Å². The highest BCUT2D eigenvalue weighted by Gasteiger charge is 2.04. The molecule has 0 radical (unpaired) electrons. The number of hydrogen-bond donors (Lipinski definition) is 2. The Morgan fingerprint density at radius 2 is 1.60 bits per heavy atom. The third-order valence-electron chi connectivity index (χ3n) is 3.73. The monoisotopic (exact) mass is 335 g/mol. The van der Waals surface area contributed by atoms with E-state index in [1.165, 1.54) is 5.56 Å². The zero-order chi connectivity index (χ0) is 18.1. The van der Waals surface area contributed by atoms with Crippen molar-refractivity contribution in [1.29, 1.82) is 5.26 Å². The maximum Gasteiger partial charge on any atom is 0.234 e. The van der Waals surface area contributed by atoms with Gasteiger partial charge in [-0.1, -0.05) is 42.0 Å². The molecule has 2 aromatic rings. The normalized spacial score (nSPS) is 9.92. The number of nitrogens with zero attached hydrogens (tertiary/aromatic N) is 1. The summed E-state index contributed by atoms with van der Waals surface area (Å²) < 4.78 is 0. The maximum atomic E-state index is 12.0. The number of hydrogen-bond acceptors (Lipinski definition) is 3. The van der Waals surface area contributed by atoms with Crippen LogP contribution in [0, 0.1) is 18.3 Å². The van der Waals surface area contributed by atoms with E-state index in [0.29, 0.717) is 19.4 Å². The van der Waals surface area contributed by atoms with E-state index in [9.17, 15) is 9.59 Å². The van der Waals surface area contributed by atoms with Gasteiger partial charge >= 0.3 is 0 Å². The molecule has 5 nitrogen and oxygen atoms in total. The van der Waals surface area contributed by atoms with Gasteiger partial charge in [0, 0.05) is 18.7 Å². The first kappa shape index (κ1) is 18.2. The molecule has 2 N–H and O–H groups in total. The van der Waals surface area contributed by atoms with E-state index in [4.69, 9.17) is 5.26 Å². The van der Waals surface area contributed by atoms with E-state index < -0.39 is 0 Å². The molecule has 2 aromatic carbocycles. The van der Waals surface area contributed by atoms with Crippen LogP contribution in [-0.2, 0) is 22.6 Å².